The van der Waals surface area contributed by atoms with Crippen molar-refractivity contribution in [3.05, 3.63) is 51.5 Å². The summed E-state index contributed by atoms with van der Waals surface area (Å²) in [6.07, 6.45) is 4.65. The number of benzene rings is 2. The molecule has 0 aliphatic heterocycles. The first kappa shape index (κ1) is 23.1. The van der Waals surface area contributed by atoms with E-state index < -0.39 is 5.82 Å². The number of hydrogen-bond acceptors (Lipinski definition) is 5. The predicted octanol–water partition coefficient (Wildman–Crippen LogP) is 6.21. The van der Waals surface area contributed by atoms with Gasteiger partial charge in [0, 0.05) is 30.1 Å². The number of nitrogens with zero attached hydrogens (tertiary/aromatic N) is 2. The molecule has 0 radical (unpaired) electrons. The average molecular weight is 515 g/mol. The first-order valence-corrected chi connectivity index (χ1v) is 11.9. The van der Waals surface area contributed by atoms with E-state index in [1.165, 1.54) is 6.33 Å². The molecule has 0 unspecified atom stereocenters. The summed E-state index contributed by atoms with van der Waals surface area (Å²) < 4.78 is 23.4. The molecule has 9 heteroatoms. The van der Waals surface area contributed by atoms with Gasteiger partial charge in [-0.3, -0.25) is 4.79 Å². The van der Waals surface area contributed by atoms with Crippen molar-refractivity contribution in [2.24, 2.45) is 7.05 Å². The van der Waals surface area contributed by atoms with Crippen LogP contribution >= 0.6 is 39.3 Å². The van der Waals surface area contributed by atoms with E-state index in [1.807, 2.05) is 6.26 Å². The quantitative estimate of drug-likeness (QED) is 0.257. The van der Waals surface area contributed by atoms with Crippen LogP contribution in [0.25, 0.3) is 11.0 Å². The molecule has 3 rings (SSSR count). The van der Waals surface area contributed by atoms with Crippen molar-refractivity contribution in [3.8, 4) is 0 Å². The number of nitrogens with one attached hydrogen (secondary N) is 1. The van der Waals surface area contributed by atoms with E-state index in [4.69, 9.17) is 16.3 Å². The standard InChI is InChI=1S/C21H22BrClFN3O2S/c1-27-12-25-21-17(27)11-14(18(28)6-8-29-7-3-9-30-2)20(19(21)24)26-16-5-4-13(22)10-15(16)23/h4-5,10-12,26H,3,6-9H2,1-2H3. The SMILES string of the molecule is CSCCCOCCC(=O)c1cc2c(ncn2C)c(F)c1Nc1ccc(Br)cc1Cl. The Morgan fingerprint density at radius 1 is 1.37 bits per heavy atom. The number of ether oxygens (including phenoxy) is 1. The fourth-order valence-corrected chi connectivity index (χ4v) is 4.13. The second-order valence-corrected chi connectivity index (χ2v) is 9.03. The van der Waals surface area contributed by atoms with Gasteiger partial charge in [0.1, 0.15) is 5.52 Å². The highest BCUT2D eigenvalue weighted by atomic mass is 79.9. The third-order valence-electron chi connectivity index (χ3n) is 4.56. The van der Waals surface area contributed by atoms with Crippen molar-refractivity contribution in [3.63, 3.8) is 0 Å². The molecule has 0 bridgehead atoms. The molecule has 30 heavy (non-hydrogen) atoms. The number of halogens is 3. The van der Waals surface area contributed by atoms with Crippen molar-refractivity contribution in [1.82, 2.24) is 9.55 Å². The molecule has 0 aliphatic carbocycles. The lowest BCUT2D eigenvalue weighted by atomic mass is 10.0. The molecule has 0 saturated heterocycles. The molecule has 160 valence electrons. The summed E-state index contributed by atoms with van der Waals surface area (Å²) in [5, 5.41) is 3.40. The number of rotatable bonds is 10. The first-order valence-electron chi connectivity index (χ1n) is 9.38. The Labute approximate surface area is 192 Å². The van der Waals surface area contributed by atoms with E-state index >= 15 is 4.39 Å². The van der Waals surface area contributed by atoms with Gasteiger partial charge in [-0.05, 0) is 42.7 Å². The van der Waals surface area contributed by atoms with Gasteiger partial charge in [-0.2, -0.15) is 11.8 Å². The Kier molecular flexibility index (Phi) is 8.16. The minimum Gasteiger partial charge on any atom is -0.381 e. The van der Waals surface area contributed by atoms with E-state index in [0.29, 0.717) is 22.8 Å². The first-order chi connectivity index (χ1) is 14.4. The second-order valence-electron chi connectivity index (χ2n) is 6.72. The van der Waals surface area contributed by atoms with Gasteiger partial charge in [0.2, 0.25) is 0 Å². The summed E-state index contributed by atoms with van der Waals surface area (Å²) in [5.74, 6) is 0.215. The van der Waals surface area contributed by atoms with Crippen molar-refractivity contribution in [2.45, 2.75) is 12.8 Å². The smallest absolute Gasteiger partial charge is 0.175 e. The van der Waals surface area contributed by atoms with Crippen LogP contribution < -0.4 is 5.32 Å². The van der Waals surface area contributed by atoms with Crippen LogP contribution in [0.15, 0.2) is 35.1 Å². The lowest BCUT2D eigenvalue weighted by Gasteiger charge is -2.15. The molecule has 0 aliphatic rings. The van der Waals surface area contributed by atoms with Gasteiger partial charge >= 0.3 is 0 Å². The Morgan fingerprint density at radius 2 is 2.17 bits per heavy atom. The van der Waals surface area contributed by atoms with Crippen molar-refractivity contribution >= 4 is 67.5 Å². The highest BCUT2D eigenvalue weighted by Crippen LogP contribution is 2.34. The lowest BCUT2D eigenvalue weighted by Crippen LogP contribution is -2.10. The molecule has 5 nitrogen and oxygen atoms in total. The highest BCUT2D eigenvalue weighted by Gasteiger charge is 2.22. The maximum Gasteiger partial charge on any atom is 0.175 e. The van der Waals surface area contributed by atoms with E-state index in [0.717, 1.165) is 16.6 Å². The molecule has 2 aromatic carbocycles. The third kappa shape index (κ3) is 5.35. The van der Waals surface area contributed by atoms with E-state index in [9.17, 15) is 4.79 Å². The topological polar surface area (TPSA) is 56.1 Å². The Morgan fingerprint density at radius 3 is 2.90 bits per heavy atom. The number of anilines is 2. The molecular formula is C21H22BrClFN3O2S. The number of carbonyl (C=O) groups excluding carboxylic acids is 1. The zero-order valence-corrected chi connectivity index (χ0v) is 19.8. The number of thioether (sulfide) groups is 1. The van der Waals surface area contributed by atoms with Crippen molar-refractivity contribution < 1.29 is 13.9 Å². The van der Waals surface area contributed by atoms with Gasteiger partial charge < -0.3 is 14.6 Å². The van der Waals surface area contributed by atoms with Crippen LogP contribution in [-0.4, -0.2) is 40.6 Å². The van der Waals surface area contributed by atoms with Crippen LogP contribution in [0.4, 0.5) is 15.8 Å². The Balaban J connectivity index is 1.90. The average Bonchev–Trinajstić information content (AvgIpc) is 3.09. The highest BCUT2D eigenvalue weighted by molar-refractivity contribution is 9.10. The zero-order valence-electron chi connectivity index (χ0n) is 16.7. The van der Waals surface area contributed by atoms with Crippen LogP contribution in [0.3, 0.4) is 0 Å². The summed E-state index contributed by atoms with van der Waals surface area (Å²) in [4.78, 5) is 17.1. The molecular weight excluding hydrogens is 493 g/mol. The van der Waals surface area contributed by atoms with Crippen molar-refractivity contribution in [2.75, 3.05) is 30.5 Å². The molecule has 0 spiro atoms. The summed E-state index contributed by atoms with van der Waals surface area (Å²) in [5.41, 5.74) is 1.55. The van der Waals surface area contributed by atoms with E-state index in [2.05, 4.69) is 26.2 Å². The molecule has 0 saturated carbocycles. The summed E-state index contributed by atoms with van der Waals surface area (Å²) in [6, 6.07) is 6.87. The Hall–Kier alpha value is -1.61. The van der Waals surface area contributed by atoms with Crippen molar-refractivity contribution in [1.29, 1.82) is 0 Å². The lowest BCUT2D eigenvalue weighted by molar-refractivity contribution is 0.0880. The molecule has 0 atom stereocenters. The van der Waals surface area contributed by atoms with Crippen LogP contribution in [0, 0.1) is 5.82 Å². The van der Waals surface area contributed by atoms with Gasteiger partial charge in [0.15, 0.2) is 11.6 Å². The number of fused-ring (bicyclic) bond motifs is 1. The van der Waals surface area contributed by atoms with E-state index in [1.54, 1.807) is 47.6 Å². The zero-order chi connectivity index (χ0) is 21.7. The maximum atomic E-state index is 15.4. The number of Topliss-reactive ketones (excluding diaryl/α,β-unsaturated/α-hetero) is 1. The van der Waals surface area contributed by atoms with Gasteiger partial charge in [-0.15, -0.1) is 0 Å². The normalized spacial score (nSPS) is 11.2. The van der Waals surface area contributed by atoms with Crippen LogP contribution in [-0.2, 0) is 11.8 Å². The predicted molar refractivity (Wildman–Crippen MR) is 126 cm³/mol. The third-order valence-corrected chi connectivity index (χ3v) is 6.07. The van der Waals surface area contributed by atoms with Gasteiger partial charge in [0.25, 0.3) is 0 Å². The number of aryl methyl sites for hydroxylation is 1. The molecule has 3 aromatic rings. The number of carbonyl (C=O) groups is 1. The number of ketones is 1. The molecule has 0 fully saturated rings. The van der Waals surface area contributed by atoms with Crippen LogP contribution in [0.1, 0.15) is 23.2 Å². The van der Waals surface area contributed by atoms with Gasteiger partial charge in [0.05, 0.1) is 34.8 Å². The monoisotopic (exact) mass is 513 g/mol. The number of imidazole rings is 1. The summed E-state index contributed by atoms with van der Waals surface area (Å²) >= 11 is 11.4. The number of hydrogen-bond donors (Lipinski definition) is 1. The fraction of sp³-hybridized carbons (Fsp3) is 0.333. The molecule has 0 amide bonds. The minimum atomic E-state index is -0.587. The van der Waals surface area contributed by atoms with E-state index in [-0.39, 0.29) is 35.6 Å². The molecule has 1 N–H and O–H groups in total. The van der Waals surface area contributed by atoms with Crippen LogP contribution in [0.2, 0.25) is 5.02 Å². The maximum absolute atomic E-state index is 15.4. The minimum absolute atomic E-state index is 0.0674. The molecule has 1 aromatic heterocycles. The summed E-state index contributed by atoms with van der Waals surface area (Å²) in [6.45, 7) is 0.888. The fourth-order valence-electron chi connectivity index (χ4n) is 3.00. The van der Waals surface area contributed by atoms with Gasteiger partial charge in [-0.25, -0.2) is 9.37 Å². The second kappa shape index (κ2) is 10.6. The Bertz CT molecular complexity index is 1060. The molecule has 1 heterocycles. The summed E-state index contributed by atoms with van der Waals surface area (Å²) in [7, 11) is 1.76. The van der Waals surface area contributed by atoms with Crippen LogP contribution in [0.5, 0.6) is 0 Å². The largest absolute Gasteiger partial charge is 0.381 e. The number of aromatic nitrogens is 2. The van der Waals surface area contributed by atoms with Gasteiger partial charge in [-0.1, -0.05) is 27.5 Å².